The Morgan fingerprint density at radius 1 is 1.13 bits per heavy atom. The Bertz CT molecular complexity index is 1870. The Balaban J connectivity index is 1.64. The molecule has 0 radical (unpaired) electrons. The lowest BCUT2D eigenvalue weighted by atomic mass is 9.95. The Kier molecular flexibility index (Phi) is 4.85. The van der Waals surface area contributed by atoms with Crippen molar-refractivity contribution in [2.75, 3.05) is 7.11 Å². The minimum absolute atomic E-state index is 0.00447. The number of rotatable bonds is 5. The lowest BCUT2D eigenvalue weighted by molar-refractivity contribution is -0.136. The molecule has 1 saturated carbocycles. The Hall–Kier alpha value is -4.79. The van der Waals surface area contributed by atoms with Gasteiger partial charge in [-0.25, -0.2) is 4.79 Å². The fourth-order valence-corrected chi connectivity index (χ4v) is 7.10. The van der Waals surface area contributed by atoms with Crippen LogP contribution in [-0.2, 0) is 9.53 Å². The molecule has 2 aromatic heterocycles. The smallest absolute Gasteiger partial charge is 0.355 e. The van der Waals surface area contributed by atoms with Crippen LogP contribution in [0.2, 0.25) is 0 Å². The average molecular weight is 522 g/mol. The predicted octanol–water partition coefficient (Wildman–Crippen LogP) is 4.13. The highest BCUT2D eigenvalue weighted by Gasteiger charge is 2.45. The van der Waals surface area contributed by atoms with E-state index >= 15 is 0 Å². The van der Waals surface area contributed by atoms with Gasteiger partial charge in [-0.1, -0.05) is 36.9 Å². The van der Waals surface area contributed by atoms with Crippen molar-refractivity contribution in [3.8, 4) is 0 Å². The van der Waals surface area contributed by atoms with Gasteiger partial charge < -0.3 is 24.9 Å². The van der Waals surface area contributed by atoms with Crippen molar-refractivity contribution in [1.82, 2.24) is 19.8 Å². The number of para-hydroxylation sites is 1. The Morgan fingerprint density at radius 3 is 2.56 bits per heavy atom. The zero-order valence-electron chi connectivity index (χ0n) is 21.6. The molecular weight excluding hydrogens is 494 g/mol. The van der Waals surface area contributed by atoms with E-state index in [1.54, 1.807) is 0 Å². The number of carbonyl (C=O) groups is 3. The van der Waals surface area contributed by atoms with Crippen LogP contribution in [0.15, 0.2) is 48.8 Å². The number of benzene rings is 2. The van der Waals surface area contributed by atoms with Crippen LogP contribution >= 0.6 is 0 Å². The van der Waals surface area contributed by atoms with E-state index in [2.05, 4.69) is 32.4 Å². The van der Waals surface area contributed by atoms with E-state index in [4.69, 9.17) is 10.5 Å². The van der Waals surface area contributed by atoms with Crippen LogP contribution in [0.3, 0.4) is 0 Å². The number of hydrogen-bond acceptors (Lipinski definition) is 6. The first-order valence-electron chi connectivity index (χ1n) is 13.0. The number of esters is 1. The second kappa shape index (κ2) is 8.10. The summed E-state index contributed by atoms with van der Waals surface area (Å²) in [6.07, 6.45) is 8.83. The molecule has 1 aliphatic carbocycles. The first-order valence-corrected chi connectivity index (χ1v) is 13.0. The van der Waals surface area contributed by atoms with Gasteiger partial charge in [0.25, 0.3) is 11.8 Å². The number of carbonyl (C=O) groups excluding carboxylic acids is 3. The van der Waals surface area contributed by atoms with Crippen molar-refractivity contribution < 1.29 is 19.1 Å². The molecule has 7 rings (SSSR count). The van der Waals surface area contributed by atoms with Crippen molar-refractivity contribution in [2.24, 2.45) is 5.73 Å². The zero-order chi connectivity index (χ0) is 27.2. The topological polar surface area (TPSA) is 120 Å². The molecule has 0 saturated heterocycles. The van der Waals surface area contributed by atoms with Crippen LogP contribution < -0.4 is 16.4 Å². The number of allylic oxidation sites excluding steroid dienone is 1. The minimum Gasteiger partial charge on any atom is -0.464 e. The Morgan fingerprint density at radius 2 is 1.85 bits per heavy atom. The summed E-state index contributed by atoms with van der Waals surface area (Å²) in [7, 11) is 1.30. The lowest BCUT2D eigenvalue weighted by Gasteiger charge is -2.25. The van der Waals surface area contributed by atoms with Gasteiger partial charge in [-0.3, -0.25) is 14.9 Å². The van der Waals surface area contributed by atoms with E-state index < -0.39 is 5.97 Å². The van der Waals surface area contributed by atoms with E-state index in [9.17, 15) is 14.4 Å². The van der Waals surface area contributed by atoms with Crippen LogP contribution in [0.1, 0.15) is 63.8 Å². The van der Waals surface area contributed by atoms with Gasteiger partial charge in [0.1, 0.15) is 5.70 Å². The maximum absolute atomic E-state index is 13.4. The lowest BCUT2D eigenvalue weighted by Crippen LogP contribution is -2.32. The third-order valence-corrected chi connectivity index (χ3v) is 8.45. The van der Waals surface area contributed by atoms with E-state index in [-0.39, 0.29) is 35.6 Å². The van der Waals surface area contributed by atoms with Gasteiger partial charge in [-0.05, 0) is 31.9 Å². The molecular formula is C30H27N5O4. The number of fused-ring (bicyclic) bond motifs is 10. The van der Waals surface area contributed by atoms with Gasteiger partial charge in [-0.15, -0.1) is 0 Å². The molecule has 2 aliphatic heterocycles. The fraction of sp³-hybridized carbons (Fsp3) is 0.233. The summed E-state index contributed by atoms with van der Waals surface area (Å²) in [4.78, 5) is 38.6. The quantitative estimate of drug-likeness (QED) is 0.206. The van der Waals surface area contributed by atoms with Crippen LogP contribution in [-0.4, -0.2) is 40.1 Å². The summed E-state index contributed by atoms with van der Waals surface area (Å²) in [5, 5.41) is 8.47. The summed E-state index contributed by atoms with van der Waals surface area (Å²) in [5.41, 5.74) is 11.4. The second-order valence-electron chi connectivity index (χ2n) is 10.3. The summed E-state index contributed by atoms with van der Waals surface area (Å²) >= 11 is 0. The molecule has 3 aliphatic rings. The normalized spacial score (nSPS) is 21.8. The van der Waals surface area contributed by atoms with Crippen molar-refractivity contribution in [2.45, 2.75) is 37.9 Å². The number of aromatic nitrogens is 2. The van der Waals surface area contributed by atoms with E-state index in [1.807, 2.05) is 43.4 Å². The molecule has 4 N–H and O–H groups in total. The summed E-state index contributed by atoms with van der Waals surface area (Å²) < 4.78 is 9.39. The zero-order valence-corrected chi connectivity index (χ0v) is 21.6. The molecule has 4 aromatic rings. The predicted molar refractivity (Wildman–Crippen MR) is 150 cm³/mol. The molecule has 0 spiro atoms. The fourth-order valence-electron chi connectivity index (χ4n) is 7.10. The number of ether oxygens (including phenoxy) is 1. The number of hydrogen-bond donors (Lipinski definition) is 3. The highest BCUT2D eigenvalue weighted by molar-refractivity contribution is 6.37. The molecule has 1 fully saturated rings. The van der Waals surface area contributed by atoms with Crippen molar-refractivity contribution >= 4 is 62.6 Å². The van der Waals surface area contributed by atoms with Crippen molar-refractivity contribution in [3.05, 3.63) is 71.2 Å². The number of nitrogens with zero attached hydrogens (tertiary/aromatic N) is 2. The van der Waals surface area contributed by atoms with Gasteiger partial charge in [0, 0.05) is 51.2 Å². The van der Waals surface area contributed by atoms with E-state index in [0.29, 0.717) is 11.1 Å². The van der Waals surface area contributed by atoms with Crippen LogP contribution in [0.4, 0.5) is 0 Å². The standard InChI is InChI=1S/C30H27N5O4/c1-4-8-15-19(5-2)35-21-12-14(11-18(21)32-13-17(31)30(38)39-3)34-20-10-7-6-9-16(20)23-25-24(28(36)33-29(25)37)22(15)27(35)26(23)34/h4-10,13-14,18,21,32H,2,11-12,31H2,1,3H3,(H,33,36,37)/b8-4-,17-13-. The molecule has 9 heteroatoms. The SMILES string of the molecule is C=Cc1c(/C=C\C)c2c3c(c4c5ccccc5n5c4c2n1C1CC5CC1N/C=C(\N)C(=O)OC)C(=O)NC3=O. The van der Waals surface area contributed by atoms with Crippen molar-refractivity contribution in [3.63, 3.8) is 0 Å². The Labute approximate surface area is 223 Å². The number of imide groups is 1. The van der Waals surface area contributed by atoms with E-state index in [0.717, 1.165) is 56.8 Å². The molecule has 39 heavy (non-hydrogen) atoms. The average Bonchev–Trinajstić information content (AvgIpc) is 3.63. The maximum atomic E-state index is 13.4. The summed E-state index contributed by atoms with van der Waals surface area (Å²) in [6, 6.07) is 8.06. The summed E-state index contributed by atoms with van der Waals surface area (Å²) in [5.74, 6) is -1.34. The molecule has 2 aromatic carbocycles. The maximum Gasteiger partial charge on any atom is 0.355 e. The van der Waals surface area contributed by atoms with Gasteiger partial charge in [0.05, 0.1) is 35.3 Å². The van der Waals surface area contributed by atoms with Gasteiger partial charge >= 0.3 is 5.97 Å². The summed E-state index contributed by atoms with van der Waals surface area (Å²) in [6.45, 7) is 6.08. The molecule has 9 nitrogen and oxygen atoms in total. The third-order valence-electron chi connectivity index (χ3n) is 8.45. The van der Waals surface area contributed by atoms with Gasteiger partial charge in [0.15, 0.2) is 0 Å². The first-order chi connectivity index (χ1) is 18.9. The van der Waals surface area contributed by atoms with E-state index in [1.165, 1.54) is 13.3 Å². The molecule has 196 valence electrons. The third kappa shape index (κ3) is 2.87. The number of methoxy groups -OCH3 is 1. The minimum atomic E-state index is -0.596. The first kappa shape index (κ1) is 23.3. The number of nitrogens with one attached hydrogen (secondary N) is 2. The van der Waals surface area contributed by atoms with Crippen LogP contribution in [0.5, 0.6) is 0 Å². The molecule has 3 atom stereocenters. The highest BCUT2D eigenvalue weighted by atomic mass is 16.5. The van der Waals surface area contributed by atoms with Crippen molar-refractivity contribution in [1.29, 1.82) is 0 Å². The van der Waals surface area contributed by atoms with Gasteiger partial charge in [-0.2, -0.15) is 0 Å². The number of nitrogens with two attached hydrogens (primary N) is 1. The van der Waals surface area contributed by atoms with Gasteiger partial charge in [0.2, 0.25) is 0 Å². The molecule has 4 heterocycles. The highest BCUT2D eigenvalue weighted by Crippen LogP contribution is 2.53. The number of amides is 2. The molecule has 2 amide bonds. The monoisotopic (exact) mass is 521 g/mol. The molecule has 2 bridgehead atoms. The molecule has 3 unspecified atom stereocenters. The largest absolute Gasteiger partial charge is 0.464 e. The van der Waals surface area contributed by atoms with Crippen LogP contribution in [0, 0.1) is 0 Å². The van der Waals surface area contributed by atoms with Crippen LogP contribution in [0.25, 0.3) is 44.9 Å². The second-order valence-corrected chi connectivity index (χ2v) is 10.3.